The van der Waals surface area contributed by atoms with Gasteiger partial charge in [0, 0.05) is 17.9 Å². The van der Waals surface area contributed by atoms with Crippen molar-refractivity contribution in [2.24, 2.45) is 0 Å². The molecule has 0 aliphatic carbocycles. The Bertz CT molecular complexity index is 628. The van der Waals surface area contributed by atoms with Crippen LogP contribution in [0.5, 0.6) is 0 Å². The van der Waals surface area contributed by atoms with Gasteiger partial charge >= 0.3 is 0 Å². The molecule has 2 aromatic carbocycles. The van der Waals surface area contributed by atoms with E-state index in [9.17, 15) is 9.18 Å². The first-order valence-corrected chi connectivity index (χ1v) is 8.25. The first-order chi connectivity index (χ1) is 10.8. The van der Waals surface area contributed by atoms with Gasteiger partial charge in [0.15, 0.2) is 0 Å². The van der Waals surface area contributed by atoms with E-state index in [1.807, 2.05) is 30.3 Å². The van der Waals surface area contributed by atoms with Crippen molar-refractivity contribution >= 4 is 29.4 Å². The highest BCUT2D eigenvalue weighted by Crippen LogP contribution is 2.13. The van der Waals surface area contributed by atoms with Gasteiger partial charge in [0.2, 0.25) is 5.91 Å². The van der Waals surface area contributed by atoms with Crippen LogP contribution in [0.2, 0.25) is 0 Å². The molecule has 0 spiro atoms. The first kappa shape index (κ1) is 16.3. The Morgan fingerprint density at radius 2 is 1.82 bits per heavy atom. The number of thioether (sulfide) groups is 1. The van der Waals surface area contributed by atoms with E-state index in [1.54, 1.807) is 30.0 Å². The molecule has 1 N–H and O–H groups in total. The van der Waals surface area contributed by atoms with E-state index in [1.165, 1.54) is 11.6 Å². The van der Waals surface area contributed by atoms with E-state index in [-0.39, 0.29) is 11.6 Å². The van der Waals surface area contributed by atoms with Crippen molar-refractivity contribution in [1.82, 2.24) is 0 Å². The predicted molar refractivity (Wildman–Crippen MR) is 92.4 cm³/mol. The molecular weight excluding hydrogens is 297 g/mol. The molecule has 0 bridgehead atoms. The summed E-state index contributed by atoms with van der Waals surface area (Å²) in [5, 5.41) is 2.58. The smallest absolute Gasteiger partial charge is 0.225 e. The van der Waals surface area contributed by atoms with Crippen molar-refractivity contribution in [3.8, 4) is 0 Å². The fraction of sp³-hybridized carbons (Fsp3) is 0.167. The summed E-state index contributed by atoms with van der Waals surface area (Å²) in [7, 11) is 0. The summed E-state index contributed by atoms with van der Waals surface area (Å²) in [4.78, 5) is 11.7. The lowest BCUT2D eigenvalue weighted by atomic mass is 10.2. The molecule has 0 aromatic heterocycles. The zero-order valence-corrected chi connectivity index (χ0v) is 13.0. The summed E-state index contributed by atoms with van der Waals surface area (Å²) < 4.78 is 13.4. The van der Waals surface area contributed by atoms with E-state index >= 15 is 0 Å². The topological polar surface area (TPSA) is 29.1 Å². The minimum absolute atomic E-state index is 0.162. The molecule has 2 nitrogen and oxygen atoms in total. The van der Waals surface area contributed by atoms with Crippen molar-refractivity contribution in [2.75, 3.05) is 16.8 Å². The lowest BCUT2D eigenvalue weighted by Crippen LogP contribution is -2.13. The summed E-state index contributed by atoms with van der Waals surface area (Å²) >= 11 is 1.67. The van der Waals surface area contributed by atoms with Crippen molar-refractivity contribution in [3.63, 3.8) is 0 Å². The Balaban J connectivity index is 1.63. The molecule has 0 saturated carbocycles. The van der Waals surface area contributed by atoms with Gasteiger partial charge in [-0.2, -0.15) is 11.8 Å². The fourth-order valence-corrected chi connectivity index (χ4v) is 2.57. The van der Waals surface area contributed by atoms with Crippen molar-refractivity contribution in [3.05, 3.63) is 72.1 Å². The van der Waals surface area contributed by atoms with Crippen molar-refractivity contribution < 1.29 is 9.18 Å². The molecule has 2 rings (SSSR count). The van der Waals surface area contributed by atoms with Gasteiger partial charge in [0.05, 0.1) is 5.69 Å². The molecule has 0 heterocycles. The van der Waals surface area contributed by atoms with Gasteiger partial charge in [-0.15, -0.1) is 0 Å². The predicted octanol–water partition coefficient (Wildman–Crippen LogP) is 4.60. The van der Waals surface area contributed by atoms with E-state index in [4.69, 9.17) is 0 Å². The third kappa shape index (κ3) is 5.74. The van der Waals surface area contributed by atoms with Gasteiger partial charge in [-0.3, -0.25) is 4.79 Å². The number of anilines is 1. The zero-order chi connectivity index (χ0) is 15.6. The van der Waals surface area contributed by atoms with Crippen LogP contribution in [-0.2, 0) is 4.79 Å². The normalized spacial score (nSPS) is 10.8. The molecule has 0 unspecified atom stereocenters. The largest absolute Gasteiger partial charge is 0.324 e. The quantitative estimate of drug-likeness (QED) is 0.757. The number of amides is 1. The highest BCUT2D eigenvalue weighted by molar-refractivity contribution is 7.99. The van der Waals surface area contributed by atoms with Crippen molar-refractivity contribution in [1.29, 1.82) is 0 Å². The lowest BCUT2D eigenvalue weighted by Gasteiger charge is -2.05. The average Bonchev–Trinajstić information content (AvgIpc) is 2.54. The van der Waals surface area contributed by atoms with Crippen LogP contribution in [0.15, 0.2) is 60.7 Å². The molecule has 22 heavy (non-hydrogen) atoms. The second kappa shape index (κ2) is 9.05. The Morgan fingerprint density at radius 3 is 2.59 bits per heavy atom. The van der Waals surface area contributed by atoms with Crippen molar-refractivity contribution in [2.45, 2.75) is 6.42 Å². The highest BCUT2D eigenvalue weighted by Gasteiger charge is 2.05. The maximum absolute atomic E-state index is 13.4. The molecule has 114 valence electrons. The summed E-state index contributed by atoms with van der Waals surface area (Å²) in [5.41, 5.74) is 1.40. The molecule has 0 saturated heterocycles. The third-order valence-electron chi connectivity index (χ3n) is 2.95. The van der Waals surface area contributed by atoms with Gasteiger partial charge in [-0.1, -0.05) is 54.6 Å². The van der Waals surface area contributed by atoms with Gasteiger partial charge in [0.25, 0.3) is 0 Å². The van der Waals surface area contributed by atoms with Gasteiger partial charge in [0.1, 0.15) is 5.82 Å². The summed E-state index contributed by atoms with van der Waals surface area (Å²) in [6.45, 7) is 0. The number of carbonyl (C=O) groups is 1. The molecule has 1 amide bonds. The fourth-order valence-electron chi connectivity index (χ4n) is 1.84. The maximum atomic E-state index is 13.4. The number of carbonyl (C=O) groups excluding carboxylic acids is 1. The number of hydrogen-bond donors (Lipinski definition) is 1. The van der Waals surface area contributed by atoms with Crippen LogP contribution < -0.4 is 5.32 Å². The number of halogens is 1. The number of rotatable bonds is 7. The maximum Gasteiger partial charge on any atom is 0.225 e. The summed E-state index contributed by atoms with van der Waals surface area (Å²) in [5.74, 6) is 0.986. The van der Waals surface area contributed by atoms with Crippen LogP contribution in [-0.4, -0.2) is 17.4 Å². The van der Waals surface area contributed by atoms with Crippen LogP contribution >= 0.6 is 11.8 Å². The van der Waals surface area contributed by atoms with E-state index in [0.29, 0.717) is 12.2 Å². The SMILES string of the molecule is O=C(CCSC/C=C/c1ccccc1)Nc1ccccc1F. The molecule has 0 atom stereocenters. The Hall–Kier alpha value is -2.07. The molecule has 0 aliphatic rings. The van der Waals surface area contributed by atoms with E-state index in [0.717, 1.165) is 5.75 Å². The molecule has 0 fully saturated rings. The van der Waals surface area contributed by atoms with Gasteiger partial charge in [-0.25, -0.2) is 4.39 Å². The number of para-hydroxylation sites is 1. The summed E-state index contributed by atoms with van der Waals surface area (Å²) in [6, 6.07) is 16.3. The highest BCUT2D eigenvalue weighted by atomic mass is 32.2. The average molecular weight is 315 g/mol. The Kier molecular flexibility index (Phi) is 6.71. The van der Waals surface area contributed by atoms with Crippen LogP contribution in [0.1, 0.15) is 12.0 Å². The zero-order valence-electron chi connectivity index (χ0n) is 12.2. The molecule has 2 aromatic rings. The first-order valence-electron chi connectivity index (χ1n) is 7.09. The lowest BCUT2D eigenvalue weighted by molar-refractivity contribution is -0.115. The van der Waals surface area contributed by atoms with E-state index in [2.05, 4.69) is 17.5 Å². The van der Waals surface area contributed by atoms with E-state index < -0.39 is 5.82 Å². The second-order valence-electron chi connectivity index (χ2n) is 4.67. The minimum atomic E-state index is -0.408. The Morgan fingerprint density at radius 1 is 1.09 bits per heavy atom. The third-order valence-corrected chi connectivity index (χ3v) is 3.87. The summed E-state index contributed by atoms with van der Waals surface area (Å²) in [6.07, 6.45) is 4.51. The number of hydrogen-bond acceptors (Lipinski definition) is 2. The molecule has 0 aliphatic heterocycles. The van der Waals surface area contributed by atoms with Crippen LogP contribution in [0, 0.1) is 5.82 Å². The minimum Gasteiger partial charge on any atom is -0.324 e. The second-order valence-corrected chi connectivity index (χ2v) is 5.82. The van der Waals surface area contributed by atoms with Gasteiger partial charge < -0.3 is 5.32 Å². The molecule has 0 radical (unpaired) electrons. The number of benzene rings is 2. The Labute approximate surface area is 134 Å². The monoisotopic (exact) mass is 315 g/mol. The van der Waals surface area contributed by atoms with Crippen LogP contribution in [0.4, 0.5) is 10.1 Å². The van der Waals surface area contributed by atoms with Crippen LogP contribution in [0.25, 0.3) is 6.08 Å². The van der Waals surface area contributed by atoms with Crippen LogP contribution in [0.3, 0.4) is 0 Å². The number of nitrogens with one attached hydrogen (secondary N) is 1. The van der Waals surface area contributed by atoms with Gasteiger partial charge in [-0.05, 0) is 17.7 Å². The molecular formula is C18H18FNOS. The molecule has 4 heteroatoms. The standard InChI is InChI=1S/C18H18FNOS/c19-16-10-4-5-11-17(16)20-18(21)12-14-22-13-6-9-15-7-2-1-3-8-15/h1-11H,12-14H2,(H,20,21)/b9-6+.